The van der Waals surface area contributed by atoms with E-state index >= 15 is 0 Å². The van der Waals surface area contributed by atoms with E-state index in [0.29, 0.717) is 16.2 Å². The lowest BCUT2D eigenvalue weighted by atomic mass is 9.88. The Kier molecular flexibility index (Phi) is 2.89. The summed E-state index contributed by atoms with van der Waals surface area (Å²) in [4.78, 5) is 12.5. The summed E-state index contributed by atoms with van der Waals surface area (Å²) in [6, 6.07) is 5.58. The minimum absolute atomic E-state index is 0.0390. The summed E-state index contributed by atoms with van der Waals surface area (Å²) in [7, 11) is 0. The second-order valence-electron chi connectivity index (χ2n) is 6.74. The molecule has 2 heterocycles. The second kappa shape index (κ2) is 4.66. The van der Waals surface area contributed by atoms with Crippen LogP contribution >= 0.6 is 0 Å². The van der Waals surface area contributed by atoms with Crippen LogP contribution in [-0.2, 0) is 0 Å². The lowest BCUT2D eigenvalue weighted by Gasteiger charge is -2.31. The molecule has 1 N–H and O–H groups in total. The minimum atomic E-state index is -1.04. The SMILES string of the molecule is CC1=CC(C)(C)Nc2ccc3c(c21)c(=O)oc1cc(F)c(F)cc13. The predicted molar refractivity (Wildman–Crippen MR) is 91.3 cm³/mol. The van der Waals surface area contributed by atoms with E-state index in [1.807, 2.05) is 32.9 Å². The van der Waals surface area contributed by atoms with Gasteiger partial charge in [-0.2, -0.15) is 0 Å². The van der Waals surface area contributed by atoms with Gasteiger partial charge in [-0.15, -0.1) is 0 Å². The molecule has 0 saturated heterocycles. The molecule has 4 rings (SSSR count). The summed E-state index contributed by atoms with van der Waals surface area (Å²) in [5.41, 5.74) is 1.74. The maximum Gasteiger partial charge on any atom is 0.344 e. The molecule has 2 aromatic carbocycles. The first-order chi connectivity index (χ1) is 11.3. The summed E-state index contributed by atoms with van der Waals surface area (Å²) < 4.78 is 32.4. The first kappa shape index (κ1) is 14.9. The van der Waals surface area contributed by atoms with Gasteiger partial charge in [0.15, 0.2) is 11.6 Å². The fourth-order valence-corrected chi connectivity index (χ4v) is 3.52. The van der Waals surface area contributed by atoms with Crippen molar-refractivity contribution in [3.8, 4) is 0 Å². The van der Waals surface area contributed by atoms with Gasteiger partial charge in [-0.25, -0.2) is 13.6 Å². The van der Waals surface area contributed by atoms with Crippen LogP contribution in [0.15, 0.2) is 39.6 Å². The number of allylic oxidation sites excluding steroid dienone is 1. The quantitative estimate of drug-likeness (QED) is 0.475. The van der Waals surface area contributed by atoms with Gasteiger partial charge in [0.05, 0.1) is 10.9 Å². The van der Waals surface area contributed by atoms with Crippen molar-refractivity contribution in [2.45, 2.75) is 26.3 Å². The summed E-state index contributed by atoms with van der Waals surface area (Å²) in [5.74, 6) is -2.01. The van der Waals surface area contributed by atoms with Crippen LogP contribution in [-0.4, -0.2) is 5.54 Å². The van der Waals surface area contributed by atoms with Crippen LogP contribution in [0.1, 0.15) is 26.3 Å². The molecule has 0 saturated carbocycles. The molecular weight excluding hydrogens is 312 g/mol. The molecule has 0 bridgehead atoms. The van der Waals surface area contributed by atoms with Crippen LogP contribution in [0.3, 0.4) is 0 Å². The summed E-state index contributed by atoms with van der Waals surface area (Å²) in [6.45, 7) is 5.99. The average molecular weight is 327 g/mol. The van der Waals surface area contributed by atoms with E-state index in [-0.39, 0.29) is 11.1 Å². The van der Waals surface area contributed by atoms with E-state index in [9.17, 15) is 13.6 Å². The summed E-state index contributed by atoms with van der Waals surface area (Å²) in [5, 5.41) is 4.67. The number of rotatable bonds is 0. The molecule has 0 spiro atoms. The standard InChI is InChI=1S/C19H15F2NO2/c1-9-8-19(2,3)22-14-5-4-10-11-6-12(20)13(21)7-15(11)24-18(23)17(10)16(9)14/h4-8,22H,1-3H3. The Morgan fingerprint density at radius 3 is 2.54 bits per heavy atom. The van der Waals surface area contributed by atoms with E-state index in [4.69, 9.17) is 4.42 Å². The Morgan fingerprint density at radius 2 is 1.79 bits per heavy atom. The first-order valence-electron chi connectivity index (χ1n) is 7.63. The lowest BCUT2D eigenvalue weighted by Crippen LogP contribution is -2.31. The predicted octanol–water partition coefficient (Wildman–Crippen LogP) is 4.83. The van der Waals surface area contributed by atoms with Gasteiger partial charge in [-0.1, -0.05) is 12.1 Å². The molecule has 1 aliphatic heterocycles. The van der Waals surface area contributed by atoms with E-state index in [0.717, 1.165) is 29.0 Å². The Labute approximate surface area is 136 Å². The molecule has 0 atom stereocenters. The molecule has 0 unspecified atom stereocenters. The van der Waals surface area contributed by atoms with E-state index in [2.05, 4.69) is 5.32 Å². The zero-order valence-corrected chi connectivity index (χ0v) is 13.5. The van der Waals surface area contributed by atoms with Crippen molar-refractivity contribution in [2.24, 2.45) is 0 Å². The van der Waals surface area contributed by atoms with Gasteiger partial charge in [0.1, 0.15) is 5.58 Å². The van der Waals surface area contributed by atoms with E-state index in [1.165, 1.54) is 0 Å². The van der Waals surface area contributed by atoms with Crippen molar-refractivity contribution in [1.29, 1.82) is 0 Å². The van der Waals surface area contributed by atoms with Crippen molar-refractivity contribution in [2.75, 3.05) is 5.32 Å². The van der Waals surface area contributed by atoms with Crippen LogP contribution in [0.2, 0.25) is 0 Å². The molecule has 1 aliphatic rings. The monoisotopic (exact) mass is 327 g/mol. The van der Waals surface area contributed by atoms with Crippen molar-refractivity contribution < 1.29 is 13.2 Å². The summed E-state index contributed by atoms with van der Waals surface area (Å²) >= 11 is 0. The zero-order valence-electron chi connectivity index (χ0n) is 13.5. The van der Waals surface area contributed by atoms with Gasteiger partial charge in [-0.05, 0) is 38.5 Å². The molecule has 1 aromatic heterocycles. The molecular formula is C19H15F2NO2. The number of nitrogens with one attached hydrogen (secondary N) is 1. The molecule has 3 nitrogen and oxygen atoms in total. The van der Waals surface area contributed by atoms with Crippen LogP contribution in [0.5, 0.6) is 0 Å². The molecule has 0 amide bonds. The van der Waals surface area contributed by atoms with Gasteiger partial charge >= 0.3 is 5.63 Å². The number of benzene rings is 2. The lowest BCUT2D eigenvalue weighted by molar-refractivity contribution is 0.503. The third kappa shape index (κ3) is 2.04. The Bertz CT molecular complexity index is 1110. The van der Waals surface area contributed by atoms with E-state index in [1.54, 1.807) is 6.07 Å². The second-order valence-corrected chi connectivity index (χ2v) is 6.74. The zero-order chi connectivity index (χ0) is 17.2. The first-order valence-corrected chi connectivity index (χ1v) is 7.63. The number of halogens is 2. The largest absolute Gasteiger partial charge is 0.422 e. The van der Waals surface area contributed by atoms with Gasteiger partial charge in [0, 0.05) is 28.1 Å². The molecule has 24 heavy (non-hydrogen) atoms. The smallest absolute Gasteiger partial charge is 0.344 e. The van der Waals surface area contributed by atoms with Crippen LogP contribution < -0.4 is 10.9 Å². The van der Waals surface area contributed by atoms with Gasteiger partial charge in [-0.3, -0.25) is 0 Å². The van der Waals surface area contributed by atoms with Crippen LogP contribution in [0.4, 0.5) is 14.5 Å². The molecule has 0 fully saturated rings. The van der Waals surface area contributed by atoms with Gasteiger partial charge < -0.3 is 9.73 Å². The number of hydrogen-bond acceptors (Lipinski definition) is 3. The van der Waals surface area contributed by atoms with Crippen molar-refractivity contribution in [3.63, 3.8) is 0 Å². The molecule has 0 aliphatic carbocycles. The van der Waals surface area contributed by atoms with Crippen LogP contribution in [0, 0.1) is 11.6 Å². The van der Waals surface area contributed by atoms with Crippen molar-refractivity contribution >= 4 is 33.0 Å². The maximum absolute atomic E-state index is 13.7. The van der Waals surface area contributed by atoms with Crippen molar-refractivity contribution in [1.82, 2.24) is 0 Å². The highest BCUT2D eigenvalue weighted by Crippen LogP contribution is 2.39. The topological polar surface area (TPSA) is 42.2 Å². The molecule has 5 heteroatoms. The van der Waals surface area contributed by atoms with E-state index < -0.39 is 17.3 Å². The van der Waals surface area contributed by atoms with Gasteiger partial charge in [0.25, 0.3) is 0 Å². The fraction of sp³-hybridized carbons (Fsp3) is 0.211. The normalized spacial score (nSPS) is 16.0. The molecule has 122 valence electrons. The Balaban J connectivity index is 2.19. The number of anilines is 1. The van der Waals surface area contributed by atoms with Crippen molar-refractivity contribution in [3.05, 3.63) is 58.0 Å². The third-order valence-electron chi connectivity index (χ3n) is 4.35. The highest BCUT2D eigenvalue weighted by molar-refractivity contribution is 6.10. The van der Waals surface area contributed by atoms with Gasteiger partial charge in [0.2, 0.25) is 0 Å². The number of fused-ring (bicyclic) bond motifs is 5. The van der Waals surface area contributed by atoms with Crippen LogP contribution in [0.25, 0.3) is 27.3 Å². The third-order valence-corrected chi connectivity index (χ3v) is 4.35. The Hall–Kier alpha value is -2.69. The highest BCUT2D eigenvalue weighted by atomic mass is 19.2. The Morgan fingerprint density at radius 1 is 1.08 bits per heavy atom. The average Bonchev–Trinajstić information content (AvgIpc) is 2.47. The number of hydrogen-bond donors (Lipinski definition) is 1. The highest BCUT2D eigenvalue weighted by Gasteiger charge is 2.26. The molecule has 3 aromatic rings. The fourth-order valence-electron chi connectivity index (χ4n) is 3.52. The summed E-state index contributed by atoms with van der Waals surface area (Å²) in [6.07, 6.45) is 2.03. The minimum Gasteiger partial charge on any atom is -0.422 e. The maximum atomic E-state index is 13.7. The molecule has 0 radical (unpaired) electrons.